The van der Waals surface area contributed by atoms with Gasteiger partial charge in [-0.3, -0.25) is 9.78 Å². The summed E-state index contributed by atoms with van der Waals surface area (Å²) in [6, 6.07) is 19.8. The summed E-state index contributed by atoms with van der Waals surface area (Å²) >= 11 is 3.45. The number of pyridine rings is 1. The number of ketones is 1. The van der Waals surface area contributed by atoms with Gasteiger partial charge < -0.3 is 14.2 Å². The Kier molecular flexibility index (Phi) is 5.68. The van der Waals surface area contributed by atoms with Crippen LogP contribution in [0.15, 0.2) is 77.4 Å². The number of carbonyl (C=O) groups is 1. The molecule has 3 aromatic carbocycles. The van der Waals surface area contributed by atoms with Crippen LogP contribution in [0.1, 0.15) is 15.9 Å². The first-order valence-corrected chi connectivity index (χ1v) is 9.98. The average molecular weight is 464 g/mol. The maximum absolute atomic E-state index is 13.1. The Balaban J connectivity index is 1.80. The van der Waals surface area contributed by atoms with Crippen molar-refractivity contribution in [2.45, 2.75) is 0 Å². The van der Waals surface area contributed by atoms with Crippen LogP contribution in [0.5, 0.6) is 23.0 Å². The Morgan fingerprint density at radius 2 is 1.57 bits per heavy atom. The molecule has 150 valence electrons. The van der Waals surface area contributed by atoms with Crippen LogP contribution in [0.25, 0.3) is 10.9 Å². The van der Waals surface area contributed by atoms with Gasteiger partial charge in [-0.2, -0.15) is 0 Å². The molecule has 0 N–H and O–H groups in total. The zero-order chi connectivity index (χ0) is 21.1. The van der Waals surface area contributed by atoms with Crippen LogP contribution in [0.4, 0.5) is 0 Å². The Labute approximate surface area is 182 Å². The highest BCUT2D eigenvalue weighted by atomic mass is 79.9. The van der Waals surface area contributed by atoms with E-state index >= 15 is 0 Å². The monoisotopic (exact) mass is 463 g/mol. The number of nitrogens with zero attached hydrogens (tertiary/aromatic N) is 1. The maximum Gasteiger partial charge on any atom is 0.196 e. The summed E-state index contributed by atoms with van der Waals surface area (Å²) in [5, 5.41) is 0.746. The van der Waals surface area contributed by atoms with Gasteiger partial charge in [0.15, 0.2) is 17.3 Å². The minimum Gasteiger partial charge on any atom is -0.493 e. The van der Waals surface area contributed by atoms with Crippen LogP contribution in [-0.2, 0) is 0 Å². The fourth-order valence-corrected chi connectivity index (χ4v) is 3.53. The third-order valence-electron chi connectivity index (χ3n) is 4.65. The molecule has 0 saturated heterocycles. The van der Waals surface area contributed by atoms with Crippen molar-refractivity contribution in [3.63, 3.8) is 0 Å². The highest BCUT2D eigenvalue weighted by molar-refractivity contribution is 9.10. The number of ether oxygens (including phenoxy) is 3. The number of aromatic nitrogens is 1. The number of hydrogen-bond donors (Lipinski definition) is 0. The summed E-state index contributed by atoms with van der Waals surface area (Å²) < 4.78 is 17.8. The quantitative estimate of drug-likeness (QED) is 0.326. The summed E-state index contributed by atoms with van der Waals surface area (Å²) in [7, 11) is 3.15. The lowest BCUT2D eigenvalue weighted by molar-refractivity contribution is 0.103. The molecule has 0 atom stereocenters. The predicted molar refractivity (Wildman–Crippen MR) is 119 cm³/mol. The molecule has 0 unspecified atom stereocenters. The van der Waals surface area contributed by atoms with E-state index in [-0.39, 0.29) is 5.78 Å². The van der Waals surface area contributed by atoms with Crippen molar-refractivity contribution in [3.05, 3.63) is 88.5 Å². The van der Waals surface area contributed by atoms with Gasteiger partial charge in [-0.15, -0.1) is 0 Å². The molecule has 30 heavy (non-hydrogen) atoms. The van der Waals surface area contributed by atoms with Crippen molar-refractivity contribution < 1.29 is 19.0 Å². The second-order valence-electron chi connectivity index (χ2n) is 6.47. The zero-order valence-electron chi connectivity index (χ0n) is 16.4. The summed E-state index contributed by atoms with van der Waals surface area (Å²) in [6.45, 7) is 0. The molecule has 4 aromatic rings. The van der Waals surface area contributed by atoms with Crippen molar-refractivity contribution in [1.82, 2.24) is 4.98 Å². The molecule has 6 heteroatoms. The normalized spacial score (nSPS) is 10.6. The summed E-state index contributed by atoms with van der Waals surface area (Å²) in [4.78, 5) is 17.5. The Hall–Kier alpha value is -3.38. The van der Waals surface area contributed by atoms with E-state index < -0.39 is 0 Å². The first-order valence-electron chi connectivity index (χ1n) is 9.18. The van der Waals surface area contributed by atoms with Crippen molar-refractivity contribution in [1.29, 1.82) is 0 Å². The van der Waals surface area contributed by atoms with E-state index in [1.807, 2.05) is 30.3 Å². The van der Waals surface area contributed by atoms with Crippen molar-refractivity contribution in [2.75, 3.05) is 14.2 Å². The van der Waals surface area contributed by atoms with E-state index in [9.17, 15) is 4.79 Å². The molecular formula is C24H18BrNO4. The van der Waals surface area contributed by atoms with Crippen molar-refractivity contribution >= 4 is 32.6 Å². The Bertz CT molecular complexity index is 1220. The van der Waals surface area contributed by atoms with Gasteiger partial charge in [0.2, 0.25) is 0 Å². The summed E-state index contributed by atoms with van der Waals surface area (Å²) in [5.41, 5.74) is 1.74. The highest BCUT2D eigenvalue weighted by Crippen LogP contribution is 2.38. The van der Waals surface area contributed by atoms with Gasteiger partial charge in [0.25, 0.3) is 0 Å². The fraction of sp³-hybridized carbons (Fsp3) is 0.0833. The van der Waals surface area contributed by atoms with Gasteiger partial charge in [0.05, 0.1) is 25.3 Å². The molecule has 0 amide bonds. The topological polar surface area (TPSA) is 57.7 Å². The van der Waals surface area contributed by atoms with Gasteiger partial charge in [-0.25, -0.2) is 0 Å². The SMILES string of the molecule is COc1cc2nccc(Oc3ccc(Br)cc3C(=O)c3ccccc3)c2cc1OC. The lowest BCUT2D eigenvalue weighted by Gasteiger charge is -2.14. The first kappa shape index (κ1) is 19.9. The molecule has 0 aliphatic rings. The number of benzene rings is 3. The summed E-state index contributed by atoms with van der Waals surface area (Å²) in [6.07, 6.45) is 1.65. The van der Waals surface area contributed by atoms with Crippen molar-refractivity contribution in [2.24, 2.45) is 0 Å². The molecular weight excluding hydrogens is 446 g/mol. The number of rotatable bonds is 6. The largest absolute Gasteiger partial charge is 0.493 e. The van der Waals surface area contributed by atoms with E-state index in [1.54, 1.807) is 56.8 Å². The summed E-state index contributed by atoms with van der Waals surface area (Å²) in [5.74, 6) is 2.04. The smallest absolute Gasteiger partial charge is 0.196 e. The predicted octanol–water partition coefficient (Wildman–Crippen LogP) is 6.04. The number of fused-ring (bicyclic) bond motifs is 1. The molecule has 0 bridgehead atoms. The molecule has 4 rings (SSSR count). The third kappa shape index (κ3) is 3.86. The van der Waals surface area contributed by atoms with Crippen LogP contribution in [0.3, 0.4) is 0 Å². The lowest BCUT2D eigenvalue weighted by atomic mass is 10.0. The van der Waals surface area contributed by atoms with Crippen LogP contribution < -0.4 is 14.2 Å². The molecule has 1 aromatic heterocycles. The minimum absolute atomic E-state index is 0.121. The molecule has 0 aliphatic heterocycles. The lowest BCUT2D eigenvalue weighted by Crippen LogP contribution is -2.04. The number of halogens is 1. The minimum atomic E-state index is -0.121. The molecule has 0 aliphatic carbocycles. The van der Waals surface area contributed by atoms with Gasteiger partial charge in [0, 0.05) is 27.7 Å². The van der Waals surface area contributed by atoms with E-state index in [0.717, 1.165) is 9.86 Å². The Morgan fingerprint density at radius 3 is 2.30 bits per heavy atom. The highest BCUT2D eigenvalue weighted by Gasteiger charge is 2.18. The fourth-order valence-electron chi connectivity index (χ4n) is 3.17. The van der Waals surface area contributed by atoms with Crippen molar-refractivity contribution in [3.8, 4) is 23.0 Å². The van der Waals surface area contributed by atoms with Crippen LogP contribution in [0.2, 0.25) is 0 Å². The molecule has 0 radical (unpaired) electrons. The Morgan fingerprint density at radius 1 is 0.833 bits per heavy atom. The van der Waals surface area contributed by atoms with Crippen LogP contribution >= 0.6 is 15.9 Å². The number of hydrogen-bond acceptors (Lipinski definition) is 5. The zero-order valence-corrected chi connectivity index (χ0v) is 18.0. The van der Waals surface area contributed by atoms with Gasteiger partial charge in [-0.1, -0.05) is 46.3 Å². The molecule has 1 heterocycles. The first-order chi connectivity index (χ1) is 14.6. The standard InChI is InChI=1S/C24H18BrNO4/c1-28-22-13-17-19(14-23(22)29-2)26-11-10-21(17)30-20-9-8-16(25)12-18(20)24(27)15-6-4-3-5-7-15/h3-14H,1-2H3. The van der Waals surface area contributed by atoms with E-state index in [1.165, 1.54) is 0 Å². The molecule has 0 saturated carbocycles. The van der Waals surface area contributed by atoms with Gasteiger partial charge >= 0.3 is 0 Å². The average Bonchev–Trinajstić information content (AvgIpc) is 2.79. The van der Waals surface area contributed by atoms with Gasteiger partial charge in [-0.05, 0) is 30.3 Å². The van der Waals surface area contributed by atoms with E-state index in [4.69, 9.17) is 14.2 Å². The van der Waals surface area contributed by atoms with E-state index in [0.29, 0.717) is 39.6 Å². The second kappa shape index (κ2) is 8.55. The van der Waals surface area contributed by atoms with Crippen LogP contribution in [0, 0.1) is 0 Å². The van der Waals surface area contributed by atoms with Crippen LogP contribution in [-0.4, -0.2) is 25.0 Å². The molecule has 0 fully saturated rings. The maximum atomic E-state index is 13.1. The second-order valence-corrected chi connectivity index (χ2v) is 7.39. The number of carbonyl (C=O) groups excluding carboxylic acids is 1. The van der Waals surface area contributed by atoms with Gasteiger partial charge in [0.1, 0.15) is 11.5 Å². The molecule has 5 nitrogen and oxygen atoms in total. The third-order valence-corrected chi connectivity index (χ3v) is 5.14. The molecule has 0 spiro atoms. The number of methoxy groups -OCH3 is 2. The van der Waals surface area contributed by atoms with E-state index in [2.05, 4.69) is 20.9 Å².